The highest BCUT2D eigenvalue weighted by Crippen LogP contribution is 2.33. The predicted octanol–water partition coefficient (Wildman–Crippen LogP) is -5.19. The van der Waals surface area contributed by atoms with Crippen molar-refractivity contribution in [1.82, 2.24) is 0 Å². The van der Waals surface area contributed by atoms with Gasteiger partial charge in [0.1, 0.15) is 24.4 Å². The number of rotatable bonds is 0. The van der Waals surface area contributed by atoms with Crippen LogP contribution in [0.4, 0.5) is 0 Å². The highest BCUT2D eigenvalue weighted by molar-refractivity contribution is 5.06. The van der Waals surface area contributed by atoms with E-state index in [0.29, 0.717) is 0 Å². The zero-order valence-corrected chi connectivity index (χ0v) is 6.89. The van der Waals surface area contributed by atoms with Gasteiger partial charge in [0.15, 0.2) is 0 Å². The molecule has 0 radical (unpaired) electrons. The van der Waals surface area contributed by atoms with Gasteiger partial charge in [-0.15, -0.1) is 0 Å². The van der Waals surface area contributed by atoms with Crippen molar-refractivity contribution in [3.05, 3.63) is 0 Å². The van der Waals surface area contributed by atoms with Crippen LogP contribution in [0, 0.1) is 0 Å². The molecule has 14 heavy (non-hydrogen) atoms. The number of aliphatic hydroxyl groups is 8. The van der Waals surface area contributed by atoms with Gasteiger partial charge < -0.3 is 40.9 Å². The first-order valence-electron chi connectivity index (χ1n) is 3.75. The molecule has 1 aliphatic rings. The Bertz CT molecular complexity index is 182. The minimum Gasteiger partial charge on any atom is -0.384 e. The summed E-state index contributed by atoms with van der Waals surface area (Å²) in [7, 11) is 0. The van der Waals surface area contributed by atoms with E-state index in [4.69, 9.17) is 40.9 Å². The van der Waals surface area contributed by atoms with Gasteiger partial charge in [-0.1, -0.05) is 0 Å². The molecule has 1 rings (SSSR count). The molecule has 4 atom stereocenters. The van der Waals surface area contributed by atoms with E-state index in [9.17, 15) is 0 Å². The monoisotopic (exact) mass is 212 g/mol. The Hall–Kier alpha value is -0.320. The second kappa shape index (κ2) is 3.08. The molecule has 1 aliphatic carbocycles. The Morgan fingerprint density at radius 2 is 0.643 bits per heavy atom. The standard InChI is InChI=1S/C6H12O8/c7-1-2(8)6(13,14)4(10)3(9)5(1,11)12/h1-4,7-14H/t1-,2-,3-,4+/m0/s1. The van der Waals surface area contributed by atoms with Crippen LogP contribution in [-0.2, 0) is 0 Å². The lowest BCUT2D eigenvalue weighted by Gasteiger charge is -2.48. The second-order valence-electron chi connectivity index (χ2n) is 3.35. The first kappa shape index (κ1) is 11.8. The van der Waals surface area contributed by atoms with Crippen molar-refractivity contribution in [2.45, 2.75) is 36.0 Å². The van der Waals surface area contributed by atoms with Crippen LogP contribution in [0.15, 0.2) is 0 Å². The minimum absolute atomic E-state index is 2.42. The molecular weight excluding hydrogens is 200 g/mol. The van der Waals surface area contributed by atoms with Crippen molar-refractivity contribution in [3.63, 3.8) is 0 Å². The maximum atomic E-state index is 9.00. The third kappa shape index (κ3) is 1.33. The van der Waals surface area contributed by atoms with Gasteiger partial charge in [0.25, 0.3) is 0 Å². The first-order valence-corrected chi connectivity index (χ1v) is 3.75. The molecule has 0 bridgehead atoms. The van der Waals surface area contributed by atoms with Crippen LogP contribution in [0.2, 0.25) is 0 Å². The van der Waals surface area contributed by atoms with Crippen LogP contribution in [0.1, 0.15) is 0 Å². The molecule has 1 fully saturated rings. The van der Waals surface area contributed by atoms with Crippen molar-refractivity contribution >= 4 is 0 Å². The van der Waals surface area contributed by atoms with Crippen LogP contribution < -0.4 is 0 Å². The lowest BCUT2D eigenvalue weighted by atomic mass is 9.80. The molecule has 0 saturated heterocycles. The van der Waals surface area contributed by atoms with Gasteiger partial charge in [-0.25, -0.2) is 0 Å². The maximum Gasteiger partial charge on any atom is 0.222 e. The lowest BCUT2D eigenvalue weighted by Crippen LogP contribution is -2.76. The van der Waals surface area contributed by atoms with Crippen molar-refractivity contribution in [1.29, 1.82) is 0 Å². The third-order valence-corrected chi connectivity index (χ3v) is 2.34. The fourth-order valence-electron chi connectivity index (χ4n) is 1.28. The van der Waals surface area contributed by atoms with Gasteiger partial charge in [0.05, 0.1) is 0 Å². The van der Waals surface area contributed by atoms with Crippen molar-refractivity contribution in [2.75, 3.05) is 0 Å². The average Bonchev–Trinajstić information content (AvgIpc) is 2.11. The maximum absolute atomic E-state index is 9.00. The Kier molecular flexibility index (Phi) is 2.59. The molecule has 1 saturated carbocycles. The summed E-state index contributed by atoms with van der Waals surface area (Å²) in [6.07, 6.45) is -9.68. The highest BCUT2D eigenvalue weighted by Gasteiger charge is 2.63. The Morgan fingerprint density at radius 3 is 0.786 bits per heavy atom. The van der Waals surface area contributed by atoms with Gasteiger partial charge in [0, 0.05) is 0 Å². The van der Waals surface area contributed by atoms with Crippen molar-refractivity contribution in [2.24, 2.45) is 0 Å². The molecule has 0 aliphatic heterocycles. The molecule has 84 valence electrons. The van der Waals surface area contributed by atoms with Gasteiger partial charge >= 0.3 is 0 Å². The van der Waals surface area contributed by atoms with Crippen molar-refractivity contribution < 1.29 is 40.9 Å². The van der Waals surface area contributed by atoms with Gasteiger partial charge in [-0.3, -0.25) is 0 Å². The smallest absolute Gasteiger partial charge is 0.222 e. The molecule has 0 unspecified atom stereocenters. The van der Waals surface area contributed by atoms with Crippen LogP contribution in [0.25, 0.3) is 0 Å². The zero-order chi connectivity index (χ0) is 11.3. The van der Waals surface area contributed by atoms with E-state index in [0.717, 1.165) is 0 Å². The summed E-state index contributed by atoms with van der Waals surface area (Å²) in [4.78, 5) is 0. The third-order valence-electron chi connectivity index (χ3n) is 2.34. The van der Waals surface area contributed by atoms with Gasteiger partial charge in [-0.2, -0.15) is 0 Å². The summed E-state index contributed by atoms with van der Waals surface area (Å²) in [5.74, 6) is -6.43. The largest absolute Gasteiger partial charge is 0.384 e. The molecule has 0 aromatic carbocycles. The summed E-state index contributed by atoms with van der Waals surface area (Å²) in [6, 6.07) is 0. The molecule has 0 amide bonds. The summed E-state index contributed by atoms with van der Waals surface area (Å²) in [6.45, 7) is 0. The highest BCUT2D eigenvalue weighted by atomic mass is 16.6. The van der Waals surface area contributed by atoms with E-state index in [1.165, 1.54) is 0 Å². The van der Waals surface area contributed by atoms with E-state index in [-0.39, 0.29) is 0 Å². The molecule has 0 heterocycles. The second-order valence-corrected chi connectivity index (χ2v) is 3.35. The molecule has 8 heteroatoms. The zero-order valence-electron chi connectivity index (χ0n) is 6.89. The van der Waals surface area contributed by atoms with E-state index in [1.54, 1.807) is 0 Å². The normalized spacial score (nSPS) is 46.3. The lowest BCUT2D eigenvalue weighted by molar-refractivity contribution is -0.405. The van der Waals surface area contributed by atoms with Gasteiger partial charge in [0.2, 0.25) is 11.6 Å². The number of hydrogen-bond donors (Lipinski definition) is 8. The van der Waals surface area contributed by atoms with Gasteiger partial charge in [-0.05, 0) is 0 Å². The topological polar surface area (TPSA) is 162 Å². The summed E-state index contributed by atoms with van der Waals surface area (Å²) in [5.41, 5.74) is 0. The van der Waals surface area contributed by atoms with Crippen molar-refractivity contribution in [3.8, 4) is 0 Å². The van der Waals surface area contributed by atoms with E-state index in [1.807, 2.05) is 0 Å². The quantitative estimate of drug-likeness (QED) is 0.185. The number of hydrogen-bond acceptors (Lipinski definition) is 8. The molecule has 8 nitrogen and oxygen atoms in total. The predicted molar refractivity (Wildman–Crippen MR) is 38.4 cm³/mol. The SMILES string of the molecule is O[C@@H]1[C@H](O)C(O)(O)[C@@H](O)[C@H](O)C1(O)O. The minimum atomic E-state index is -3.21. The Balaban J connectivity index is 3.07. The fourth-order valence-corrected chi connectivity index (χ4v) is 1.28. The Labute approximate surface area is 77.9 Å². The van der Waals surface area contributed by atoms with Crippen LogP contribution in [-0.4, -0.2) is 76.8 Å². The molecule has 8 N–H and O–H groups in total. The average molecular weight is 212 g/mol. The molecule has 0 aromatic rings. The molecule has 0 spiro atoms. The summed E-state index contributed by atoms with van der Waals surface area (Å²) in [5, 5.41) is 71.9. The van der Waals surface area contributed by atoms with Crippen LogP contribution in [0.5, 0.6) is 0 Å². The van der Waals surface area contributed by atoms with E-state index < -0.39 is 36.0 Å². The summed E-state index contributed by atoms with van der Waals surface area (Å²) < 4.78 is 0. The summed E-state index contributed by atoms with van der Waals surface area (Å²) >= 11 is 0. The molecule has 0 aromatic heterocycles. The van der Waals surface area contributed by atoms with Crippen LogP contribution in [0.3, 0.4) is 0 Å². The Morgan fingerprint density at radius 1 is 0.500 bits per heavy atom. The number of aliphatic hydroxyl groups excluding tert-OH is 4. The fraction of sp³-hybridized carbons (Fsp3) is 1.00. The van der Waals surface area contributed by atoms with E-state index >= 15 is 0 Å². The van der Waals surface area contributed by atoms with Crippen LogP contribution >= 0.6 is 0 Å². The first-order chi connectivity index (χ1) is 6.13. The molecular formula is C6H12O8. The van der Waals surface area contributed by atoms with E-state index in [2.05, 4.69) is 0 Å².